The number of rotatable bonds is 3. The number of hydrogen-bond acceptors (Lipinski definition) is 3. The molecule has 0 aliphatic carbocycles. The maximum absolute atomic E-state index is 8.96. The van der Waals surface area contributed by atoms with Gasteiger partial charge in [0.2, 0.25) is 0 Å². The van der Waals surface area contributed by atoms with Gasteiger partial charge in [0.1, 0.15) is 0 Å². The Labute approximate surface area is 83.8 Å². The molecule has 0 fully saturated rings. The van der Waals surface area contributed by atoms with E-state index >= 15 is 0 Å². The number of aliphatic hydroxyl groups excluding tert-OH is 1. The number of nitrogens with zero attached hydrogens (tertiary/aromatic N) is 1. The van der Waals surface area contributed by atoms with E-state index in [1.807, 2.05) is 31.2 Å². The third-order valence-corrected chi connectivity index (χ3v) is 2.24. The fraction of sp³-hybridized carbons (Fsp3) is 0.364. The third-order valence-electron chi connectivity index (χ3n) is 2.24. The van der Waals surface area contributed by atoms with Crippen LogP contribution < -0.4 is 5.73 Å². The first kappa shape index (κ1) is 10.7. The van der Waals surface area contributed by atoms with Crippen LogP contribution >= 0.6 is 0 Å². The molecule has 1 unspecified atom stereocenters. The Morgan fingerprint density at radius 1 is 1.57 bits per heavy atom. The largest absolute Gasteiger partial charge is 0.392 e. The van der Waals surface area contributed by atoms with E-state index < -0.39 is 0 Å². The van der Waals surface area contributed by atoms with Gasteiger partial charge in [-0.05, 0) is 23.6 Å². The standard InChI is InChI=1S/C11H14N2O/c1-8-2-3-9(7-14)6-10(8)11(13)4-5-12/h2-3,6,11,14H,4,7,13H2,1H3. The van der Waals surface area contributed by atoms with Crippen LogP contribution in [0.5, 0.6) is 0 Å². The summed E-state index contributed by atoms with van der Waals surface area (Å²) in [6, 6.07) is 7.42. The van der Waals surface area contributed by atoms with Gasteiger partial charge in [-0.1, -0.05) is 18.2 Å². The zero-order valence-corrected chi connectivity index (χ0v) is 8.20. The van der Waals surface area contributed by atoms with Gasteiger partial charge in [0, 0.05) is 6.04 Å². The van der Waals surface area contributed by atoms with E-state index in [1.165, 1.54) is 0 Å². The minimum Gasteiger partial charge on any atom is -0.392 e. The number of benzene rings is 1. The van der Waals surface area contributed by atoms with Crippen LogP contribution in [0.1, 0.15) is 29.2 Å². The summed E-state index contributed by atoms with van der Waals surface area (Å²) >= 11 is 0. The van der Waals surface area contributed by atoms with Gasteiger partial charge in [0.25, 0.3) is 0 Å². The lowest BCUT2D eigenvalue weighted by Crippen LogP contribution is -2.11. The van der Waals surface area contributed by atoms with Crippen LogP contribution in [0.2, 0.25) is 0 Å². The molecule has 1 aromatic carbocycles. The molecule has 14 heavy (non-hydrogen) atoms. The summed E-state index contributed by atoms with van der Waals surface area (Å²) in [7, 11) is 0. The summed E-state index contributed by atoms with van der Waals surface area (Å²) in [6.45, 7) is 1.96. The van der Waals surface area contributed by atoms with Gasteiger partial charge in [-0.15, -0.1) is 0 Å². The van der Waals surface area contributed by atoms with E-state index in [9.17, 15) is 0 Å². The lowest BCUT2D eigenvalue weighted by Gasteiger charge is -2.12. The SMILES string of the molecule is Cc1ccc(CO)cc1C(N)CC#N. The van der Waals surface area contributed by atoms with Crippen LogP contribution in [-0.2, 0) is 6.61 Å². The molecule has 0 saturated heterocycles. The van der Waals surface area contributed by atoms with E-state index in [1.54, 1.807) is 0 Å². The molecule has 0 spiro atoms. The average molecular weight is 190 g/mol. The van der Waals surface area contributed by atoms with Gasteiger partial charge in [-0.2, -0.15) is 5.26 Å². The summed E-state index contributed by atoms with van der Waals surface area (Å²) < 4.78 is 0. The van der Waals surface area contributed by atoms with E-state index in [0.717, 1.165) is 16.7 Å². The van der Waals surface area contributed by atoms with Crippen molar-refractivity contribution in [3.63, 3.8) is 0 Å². The van der Waals surface area contributed by atoms with E-state index in [4.69, 9.17) is 16.1 Å². The molecule has 1 rings (SSSR count). The molecule has 0 aliphatic heterocycles. The highest BCUT2D eigenvalue weighted by Crippen LogP contribution is 2.19. The van der Waals surface area contributed by atoms with Crippen molar-refractivity contribution < 1.29 is 5.11 Å². The first-order valence-corrected chi connectivity index (χ1v) is 4.52. The Hall–Kier alpha value is -1.37. The van der Waals surface area contributed by atoms with Crippen LogP contribution in [0.15, 0.2) is 18.2 Å². The molecule has 0 saturated carbocycles. The highest BCUT2D eigenvalue weighted by atomic mass is 16.3. The minimum atomic E-state index is -0.258. The number of nitrogens with two attached hydrogens (primary N) is 1. The van der Waals surface area contributed by atoms with E-state index in [-0.39, 0.29) is 12.6 Å². The average Bonchev–Trinajstić information content (AvgIpc) is 2.19. The Bertz CT molecular complexity index is 355. The Kier molecular flexibility index (Phi) is 3.63. The third kappa shape index (κ3) is 2.32. The van der Waals surface area contributed by atoms with Crippen LogP contribution in [0, 0.1) is 18.3 Å². The van der Waals surface area contributed by atoms with Crippen molar-refractivity contribution >= 4 is 0 Å². The number of hydrogen-bond donors (Lipinski definition) is 2. The molecule has 3 heteroatoms. The van der Waals surface area contributed by atoms with Gasteiger partial charge >= 0.3 is 0 Å². The van der Waals surface area contributed by atoms with Gasteiger partial charge in [0.15, 0.2) is 0 Å². The summed E-state index contributed by atoms with van der Waals surface area (Å²) in [6.07, 6.45) is 0.301. The molecule has 0 heterocycles. The smallest absolute Gasteiger partial charge is 0.0681 e. The Balaban J connectivity index is 3.00. The van der Waals surface area contributed by atoms with Gasteiger partial charge < -0.3 is 10.8 Å². The van der Waals surface area contributed by atoms with E-state index in [0.29, 0.717) is 6.42 Å². The summed E-state index contributed by atoms with van der Waals surface area (Å²) in [5.41, 5.74) is 8.66. The normalized spacial score (nSPS) is 12.1. The predicted molar refractivity (Wildman–Crippen MR) is 54.3 cm³/mol. The number of aryl methyl sites for hydroxylation is 1. The van der Waals surface area contributed by atoms with Crippen LogP contribution in [0.4, 0.5) is 0 Å². The van der Waals surface area contributed by atoms with E-state index in [2.05, 4.69) is 0 Å². The molecular weight excluding hydrogens is 176 g/mol. The molecule has 0 amide bonds. The zero-order valence-electron chi connectivity index (χ0n) is 8.20. The van der Waals surface area contributed by atoms with Gasteiger partial charge in [-0.3, -0.25) is 0 Å². The van der Waals surface area contributed by atoms with Crippen molar-refractivity contribution in [3.05, 3.63) is 34.9 Å². The topological polar surface area (TPSA) is 70.0 Å². The second-order valence-corrected chi connectivity index (χ2v) is 3.32. The van der Waals surface area contributed by atoms with Crippen molar-refractivity contribution in [1.82, 2.24) is 0 Å². The first-order chi connectivity index (χ1) is 6.69. The maximum atomic E-state index is 8.96. The molecule has 0 aromatic heterocycles. The molecular formula is C11H14N2O. The monoisotopic (exact) mass is 190 g/mol. The van der Waals surface area contributed by atoms with Crippen LogP contribution in [0.3, 0.4) is 0 Å². The molecule has 0 aliphatic rings. The number of nitriles is 1. The molecule has 0 radical (unpaired) electrons. The molecule has 0 bridgehead atoms. The van der Waals surface area contributed by atoms with Crippen molar-refractivity contribution in [2.24, 2.45) is 5.73 Å². The fourth-order valence-electron chi connectivity index (χ4n) is 1.40. The summed E-state index contributed by atoms with van der Waals surface area (Å²) in [5.74, 6) is 0. The van der Waals surface area contributed by atoms with Gasteiger partial charge in [-0.25, -0.2) is 0 Å². The number of aliphatic hydroxyl groups is 1. The lowest BCUT2D eigenvalue weighted by atomic mass is 9.98. The zero-order chi connectivity index (χ0) is 10.6. The summed E-state index contributed by atoms with van der Waals surface area (Å²) in [4.78, 5) is 0. The van der Waals surface area contributed by atoms with Crippen molar-refractivity contribution in [2.75, 3.05) is 0 Å². The van der Waals surface area contributed by atoms with Crippen molar-refractivity contribution in [3.8, 4) is 6.07 Å². The Morgan fingerprint density at radius 3 is 2.86 bits per heavy atom. The maximum Gasteiger partial charge on any atom is 0.0681 e. The quantitative estimate of drug-likeness (QED) is 0.756. The second-order valence-electron chi connectivity index (χ2n) is 3.32. The second kappa shape index (κ2) is 4.75. The molecule has 1 aromatic rings. The highest BCUT2D eigenvalue weighted by molar-refractivity contribution is 5.33. The predicted octanol–water partition coefficient (Wildman–Crippen LogP) is 1.40. The Morgan fingerprint density at radius 2 is 2.29 bits per heavy atom. The molecule has 3 N–H and O–H groups in total. The van der Waals surface area contributed by atoms with Crippen molar-refractivity contribution in [2.45, 2.75) is 26.0 Å². The van der Waals surface area contributed by atoms with Crippen molar-refractivity contribution in [1.29, 1.82) is 5.26 Å². The fourth-order valence-corrected chi connectivity index (χ4v) is 1.40. The van der Waals surface area contributed by atoms with Crippen LogP contribution in [-0.4, -0.2) is 5.11 Å². The highest BCUT2D eigenvalue weighted by Gasteiger charge is 2.08. The molecule has 74 valence electrons. The minimum absolute atomic E-state index is 0.00650. The summed E-state index contributed by atoms with van der Waals surface area (Å²) in [5, 5.41) is 17.5. The first-order valence-electron chi connectivity index (χ1n) is 4.52. The molecule has 3 nitrogen and oxygen atoms in total. The lowest BCUT2D eigenvalue weighted by molar-refractivity contribution is 0.281. The van der Waals surface area contributed by atoms with Crippen LogP contribution in [0.25, 0.3) is 0 Å². The molecule has 1 atom stereocenters. The van der Waals surface area contributed by atoms with Gasteiger partial charge in [0.05, 0.1) is 19.1 Å².